The van der Waals surface area contributed by atoms with Crippen LogP contribution in [0.2, 0.25) is 0 Å². The van der Waals surface area contributed by atoms with Gasteiger partial charge in [0.15, 0.2) is 0 Å². The van der Waals surface area contributed by atoms with E-state index < -0.39 is 23.2 Å². The quantitative estimate of drug-likeness (QED) is 0.857. The molecule has 1 heterocycles. The molecule has 1 aliphatic rings. The van der Waals surface area contributed by atoms with Crippen molar-refractivity contribution in [2.45, 2.75) is 13.8 Å². The fourth-order valence-electron chi connectivity index (χ4n) is 2.38. The second-order valence-corrected chi connectivity index (χ2v) is 5.19. The summed E-state index contributed by atoms with van der Waals surface area (Å²) in [4.78, 5) is 27.0. The normalized spacial score (nSPS) is 23.5. The molecule has 2 atom stereocenters. The zero-order chi connectivity index (χ0) is 14.2. The average Bonchev–Trinajstić information content (AvgIpc) is 2.93. The topological polar surface area (TPSA) is 88.5 Å². The van der Waals surface area contributed by atoms with E-state index in [9.17, 15) is 9.59 Å². The molecule has 0 radical (unpaired) electrons. The molecule has 1 saturated carbocycles. The molecule has 1 aromatic rings. The second kappa shape index (κ2) is 4.53. The summed E-state index contributed by atoms with van der Waals surface area (Å²) in [6.07, 6.45) is 1.47. The van der Waals surface area contributed by atoms with Crippen LogP contribution >= 0.6 is 0 Å². The van der Waals surface area contributed by atoms with Crippen LogP contribution in [0, 0.1) is 17.3 Å². The first-order valence-corrected chi connectivity index (χ1v) is 5.91. The highest BCUT2D eigenvalue weighted by molar-refractivity contribution is 5.99. The van der Waals surface area contributed by atoms with E-state index in [2.05, 4.69) is 10.3 Å². The van der Waals surface area contributed by atoms with E-state index in [0.717, 1.165) is 0 Å². The summed E-state index contributed by atoms with van der Waals surface area (Å²) < 4.78 is 4.91. The van der Waals surface area contributed by atoms with Gasteiger partial charge in [-0.1, -0.05) is 13.8 Å². The molecule has 0 aromatic carbocycles. The predicted molar refractivity (Wildman–Crippen MR) is 67.8 cm³/mol. The Labute approximate surface area is 110 Å². The van der Waals surface area contributed by atoms with Crippen molar-refractivity contribution in [3.63, 3.8) is 0 Å². The second-order valence-electron chi connectivity index (χ2n) is 5.19. The van der Waals surface area contributed by atoms with Gasteiger partial charge in [-0.15, -0.1) is 0 Å². The molecule has 102 valence electrons. The fraction of sp³-hybridized carbons (Fsp3) is 0.462. The zero-order valence-electron chi connectivity index (χ0n) is 11.0. The van der Waals surface area contributed by atoms with Gasteiger partial charge in [-0.3, -0.25) is 9.59 Å². The first-order valence-electron chi connectivity index (χ1n) is 5.91. The molecule has 1 fully saturated rings. The number of aliphatic carboxylic acids is 1. The Bertz CT molecular complexity index is 510. The number of hydrogen-bond acceptors (Lipinski definition) is 4. The molecular formula is C13H16N2O4. The van der Waals surface area contributed by atoms with Gasteiger partial charge in [0.25, 0.3) is 0 Å². The molecule has 0 saturated heterocycles. The van der Waals surface area contributed by atoms with Gasteiger partial charge in [-0.2, -0.15) is 0 Å². The van der Waals surface area contributed by atoms with E-state index in [1.807, 2.05) is 0 Å². The van der Waals surface area contributed by atoms with Crippen LogP contribution in [-0.4, -0.2) is 29.1 Å². The standard InChI is InChI=1S/C13H16N2O4/c1-13(2)9(10(13)12(17)18)11(16)15-7-4-5-8(19-3)14-6-7/h4-6,9-10H,1-3H3,(H,15,16)(H,17,18)/t9-,10+/m0/s1. The molecule has 1 aliphatic carbocycles. The van der Waals surface area contributed by atoms with Gasteiger partial charge in [-0.05, 0) is 11.5 Å². The minimum absolute atomic E-state index is 0.288. The number of anilines is 1. The minimum atomic E-state index is -0.932. The van der Waals surface area contributed by atoms with Crippen molar-refractivity contribution < 1.29 is 19.4 Å². The molecule has 19 heavy (non-hydrogen) atoms. The number of carbonyl (C=O) groups excluding carboxylic acids is 1. The average molecular weight is 264 g/mol. The number of hydrogen-bond donors (Lipinski definition) is 2. The third-order valence-corrected chi connectivity index (χ3v) is 3.59. The number of nitrogens with zero attached hydrogens (tertiary/aromatic N) is 1. The lowest BCUT2D eigenvalue weighted by molar-refractivity contribution is -0.140. The summed E-state index contributed by atoms with van der Waals surface area (Å²) in [6, 6.07) is 3.29. The number of nitrogens with one attached hydrogen (secondary N) is 1. The number of carboxylic acid groups (broad SMARTS) is 1. The van der Waals surface area contributed by atoms with E-state index in [1.165, 1.54) is 13.3 Å². The monoisotopic (exact) mass is 264 g/mol. The van der Waals surface area contributed by atoms with E-state index in [0.29, 0.717) is 11.6 Å². The summed E-state index contributed by atoms with van der Waals surface area (Å²) in [5, 5.41) is 11.7. The van der Waals surface area contributed by atoms with E-state index in [4.69, 9.17) is 9.84 Å². The molecule has 6 nitrogen and oxygen atoms in total. The Hall–Kier alpha value is -2.11. The van der Waals surface area contributed by atoms with Gasteiger partial charge in [-0.25, -0.2) is 4.98 Å². The van der Waals surface area contributed by atoms with Crippen molar-refractivity contribution in [2.75, 3.05) is 12.4 Å². The Morgan fingerprint density at radius 1 is 1.37 bits per heavy atom. The molecule has 0 spiro atoms. The molecule has 6 heteroatoms. The lowest BCUT2D eigenvalue weighted by atomic mass is 10.1. The number of aromatic nitrogens is 1. The van der Waals surface area contributed by atoms with Crippen molar-refractivity contribution >= 4 is 17.6 Å². The predicted octanol–water partition coefficient (Wildman–Crippen LogP) is 1.39. The van der Waals surface area contributed by atoms with Crippen molar-refractivity contribution in [2.24, 2.45) is 17.3 Å². The highest BCUT2D eigenvalue weighted by Crippen LogP contribution is 2.58. The number of carbonyl (C=O) groups is 2. The lowest BCUT2D eigenvalue weighted by Gasteiger charge is -2.06. The summed E-state index contributed by atoms with van der Waals surface area (Å²) in [5.74, 6) is -1.90. The van der Waals surface area contributed by atoms with Crippen LogP contribution in [-0.2, 0) is 9.59 Å². The molecule has 2 rings (SSSR count). The first kappa shape index (κ1) is 13.3. The van der Waals surface area contributed by atoms with Gasteiger partial charge in [0.05, 0.1) is 30.8 Å². The SMILES string of the molecule is COc1ccc(NC(=O)[C@@H]2[C@H](C(=O)O)C2(C)C)cn1. The van der Waals surface area contributed by atoms with Gasteiger partial charge in [0, 0.05) is 6.07 Å². The zero-order valence-corrected chi connectivity index (χ0v) is 11.0. The van der Waals surface area contributed by atoms with Crippen molar-refractivity contribution in [1.29, 1.82) is 0 Å². The molecule has 0 unspecified atom stereocenters. The van der Waals surface area contributed by atoms with Gasteiger partial charge < -0.3 is 15.2 Å². The van der Waals surface area contributed by atoms with E-state index >= 15 is 0 Å². The highest BCUT2D eigenvalue weighted by atomic mass is 16.5. The van der Waals surface area contributed by atoms with E-state index in [-0.39, 0.29) is 5.91 Å². The van der Waals surface area contributed by atoms with Crippen molar-refractivity contribution in [3.05, 3.63) is 18.3 Å². The Kier molecular flexibility index (Phi) is 3.18. The number of carboxylic acids is 1. The summed E-state index contributed by atoms with van der Waals surface area (Å²) >= 11 is 0. The Morgan fingerprint density at radius 2 is 2.05 bits per heavy atom. The first-order chi connectivity index (χ1) is 8.87. The third kappa shape index (κ3) is 2.38. The third-order valence-electron chi connectivity index (χ3n) is 3.59. The number of methoxy groups -OCH3 is 1. The van der Waals surface area contributed by atoms with Crippen LogP contribution in [0.3, 0.4) is 0 Å². The number of ether oxygens (including phenoxy) is 1. The maximum atomic E-state index is 12.0. The van der Waals surface area contributed by atoms with Crippen LogP contribution in [0.5, 0.6) is 5.88 Å². The molecule has 0 bridgehead atoms. The van der Waals surface area contributed by atoms with Crippen LogP contribution in [0.25, 0.3) is 0 Å². The number of amides is 1. The van der Waals surface area contributed by atoms with Gasteiger partial charge in [0.2, 0.25) is 11.8 Å². The van der Waals surface area contributed by atoms with Crippen molar-refractivity contribution in [1.82, 2.24) is 4.98 Å². The molecule has 2 N–H and O–H groups in total. The minimum Gasteiger partial charge on any atom is -0.481 e. The van der Waals surface area contributed by atoms with Crippen LogP contribution in [0.15, 0.2) is 18.3 Å². The Balaban J connectivity index is 2.04. The molecule has 0 aliphatic heterocycles. The highest BCUT2D eigenvalue weighted by Gasteiger charge is 2.65. The van der Waals surface area contributed by atoms with Gasteiger partial charge in [0.1, 0.15) is 0 Å². The van der Waals surface area contributed by atoms with E-state index in [1.54, 1.807) is 26.0 Å². The maximum Gasteiger partial charge on any atom is 0.307 e. The number of pyridine rings is 1. The summed E-state index contributed by atoms with van der Waals surface area (Å²) in [5.41, 5.74) is 0.0214. The number of rotatable bonds is 4. The van der Waals surface area contributed by atoms with Crippen LogP contribution in [0.1, 0.15) is 13.8 Å². The summed E-state index contributed by atoms with van der Waals surface area (Å²) in [7, 11) is 1.50. The van der Waals surface area contributed by atoms with Crippen LogP contribution in [0.4, 0.5) is 5.69 Å². The van der Waals surface area contributed by atoms with Crippen LogP contribution < -0.4 is 10.1 Å². The molecule has 1 aromatic heterocycles. The van der Waals surface area contributed by atoms with Crippen molar-refractivity contribution in [3.8, 4) is 5.88 Å². The largest absolute Gasteiger partial charge is 0.481 e. The Morgan fingerprint density at radius 3 is 2.47 bits per heavy atom. The molecule has 1 amide bonds. The fourth-order valence-corrected chi connectivity index (χ4v) is 2.38. The lowest BCUT2D eigenvalue weighted by Crippen LogP contribution is -2.17. The summed E-state index contributed by atoms with van der Waals surface area (Å²) in [6.45, 7) is 3.56. The van der Waals surface area contributed by atoms with Gasteiger partial charge >= 0.3 is 5.97 Å². The maximum absolute atomic E-state index is 12.0. The smallest absolute Gasteiger partial charge is 0.307 e. The molecular weight excluding hydrogens is 248 g/mol.